The van der Waals surface area contributed by atoms with Gasteiger partial charge in [0.15, 0.2) is 0 Å². The van der Waals surface area contributed by atoms with Gasteiger partial charge in [-0.3, -0.25) is 4.90 Å². The second kappa shape index (κ2) is 4.42. The summed E-state index contributed by atoms with van der Waals surface area (Å²) in [6.45, 7) is 10.2. The van der Waals surface area contributed by atoms with E-state index >= 15 is 0 Å². The van der Waals surface area contributed by atoms with Crippen LogP contribution >= 0.6 is 0 Å². The number of hydrogen-bond donors (Lipinski definition) is 1. The van der Waals surface area contributed by atoms with Crippen LogP contribution in [0.3, 0.4) is 0 Å². The summed E-state index contributed by atoms with van der Waals surface area (Å²) in [6, 6.07) is 0.692. The molecule has 0 radical (unpaired) electrons. The fourth-order valence-corrected chi connectivity index (χ4v) is 3.43. The van der Waals surface area contributed by atoms with Crippen LogP contribution in [-0.2, 0) is 13.1 Å². The lowest BCUT2D eigenvalue weighted by Crippen LogP contribution is -2.33. The molecule has 3 rings (SSSR count). The molecule has 3 atom stereocenters. The number of aromatic nitrogens is 2. The van der Waals surface area contributed by atoms with Crippen LogP contribution in [0.15, 0.2) is 12.4 Å². The first-order valence-electron chi connectivity index (χ1n) is 6.74. The predicted molar refractivity (Wildman–Crippen MR) is 67.6 cm³/mol. The minimum absolute atomic E-state index is 0.692. The lowest BCUT2D eigenvalue weighted by Gasteiger charge is -2.24. The summed E-state index contributed by atoms with van der Waals surface area (Å²) in [6.07, 6.45) is 4.00. The Morgan fingerprint density at radius 2 is 2.35 bits per heavy atom. The zero-order valence-electron chi connectivity index (χ0n) is 10.8. The van der Waals surface area contributed by atoms with Crippen LogP contribution in [0.25, 0.3) is 0 Å². The molecule has 2 fully saturated rings. The van der Waals surface area contributed by atoms with Gasteiger partial charge in [0.2, 0.25) is 0 Å². The number of rotatable bonds is 3. The molecule has 2 aliphatic rings. The molecule has 0 spiro atoms. The standard InChI is InChI=1S/C13H22N4/c1-3-16-5-4-15-13(16)9-17-8-11-6-14-7-12(11)10(17)2/h4-5,10-12,14H,3,6-9H2,1-2H3. The van der Waals surface area contributed by atoms with Crippen LogP contribution in [0, 0.1) is 11.8 Å². The predicted octanol–water partition coefficient (Wildman–Crippen LogP) is 0.943. The Labute approximate surface area is 103 Å². The maximum atomic E-state index is 4.48. The smallest absolute Gasteiger partial charge is 0.122 e. The molecular formula is C13H22N4. The Balaban J connectivity index is 1.70. The van der Waals surface area contributed by atoms with E-state index in [-0.39, 0.29) is 0 Å². The molecule has 1 N–H and O–H groups in total. The summed E-state index contributed by atoms with van der Waals surface area (Å²) in [5.74, 6) is 2.92. The van der Waals surface area contributed by atoms with Crippen molar-refractivity contribution in [3.8, 4) is 0 Å². The second-order valence-corrected chi connectivity index (χ2v) is 5.38. The first-order chi connectivity index (χ1) is 8.29. The minimum Gasteiger partial charge on any atom is -0.334 e. The van der Waals surface area contributed by atoms with E-state index in [1.165, 1.54) is 25.5 Å². The Hall–Kier alpha value is -0.870. The van der Waals surface area contributed by atoms with E-state index in [4.69, 9.17) is 0 Å². The monoisotopic (exact) mass is 234 g/mol. The van der Waals surface area contributed by atoms with E-state index < -0.39 is 0 Å². The quantitative estimate of drug-likeness (QED) is 0.845. The van der Waals surface area contributed by atoms with E-state index in [9.17, 15) is 0 Å². The van der Waals surface area contributed by atoms with Crippen molar-refractivity contribution in [1.29, 1.82) is 0 Å². The van der Waals surface area contributed by atoms with Gasteiger partial charge in [0.05, 0.1) is 6.54 Å². The van der Waals surface area contributed by atoms with E-state index in [0.29, 0.717) is 6.04 Å². The van der Waals surface area contributed by atoms with Gasteiger partial charge in [-0.15, -0.1) is 0 Å². The summed E-state index contributed by atoms with van der Waals surface area (Å²) in [5, 5.41) is 3.51. The van der Waals surface area contributed by atoms with Gasteiger partial charge in [0.1, 0.15) is 5.82 Å². The van der Waals surface area contributed by atoms with Gasteiger partial charge in [-0.1, -0.05) is 0 Å². The van der Waals surface area contributed by atoms with Crippen LogP contribution < -0.4 is 5.32 Å². The summed E-state index contributed by atoms with van der Waals surface area (Å²) in [7, 11) is 0. The van der Waals surface area contributed by atoms with Crippen molar-refractivity contribution >= 4 is 0 Å². The molecule has 0 aliphatic carbocycles. The van der Waals surface area contributed by atoms with Crippen molar-refractivity contribution in [2.24, 2.45) is 11.8 Å². The molecule has 2 aliphatic heterocycles. The second-order valence-electron chi connectivity index (χ2n) is 5.38. The van der Waals surface area contributed by atoms with Crippen molar-refractivity contribution in [3.05, 3.63) is 18.2 Å². The molecule has 1 aromatic rings. The van der Waals surface area contributed by atoms with Crippen LogP contribution in [0.1, 0.15) is 19.7 Å². The van der Waals surface area contributed by atoms with Crippen LogP contribution in [0.5, 0.6) is 0 Å². The number of nitrogens with zero attached hydrogens (tertiary/aromatic N) is 3. The third kappa shape index (κ3) is 1.89. The van der Waals surface area contributed by atoms with Crippen molar-refractivity contribution < 1.29 is 0 Å². The highest BCUT2D eigenvalue weighted by Crippen LogP contribution is 2.32. The zero-order valence-corrected chi connectivity index (χ0v) is 10.8. The van der Waals surface area contributed by atoms with Gasteiger partial charge >= 0.3 is 0 Å². The van der Waals surface area contributed by atoms with E-state index in [1.54, 1.807) is 0 Å². The lowest BCUT2D eigenvalue weighted by molar-refractivity contribution is 0.223. The molecule has 0 aromatic carbocycles. The average molecular weight is 234 g/mol. The molecule has 4 nitrogen and oxygen atoms in total. The number of likely N-dealkylation sites (tertiary alicyclic amines) is 1. The molecule has 0 amide bonds. The van der Waals surface area contributed by atoms with E-state index in [0.717, 1.165) is 24.9 Å². The fourth-order valence-electron chi connectivity index (χ4n) is 3.43. The number of imidazole rings is 1. The number of nitrogens with one attached hydrogen (secondary N) is 1. The largest absolute Gasteiger partial charge is 0.334 e. The van der Waals surface area contributed by atoms with Gasteiger partial charge in [-0.05, 0) is 38.8 Å². The van der Waals surface area contributed by atoms with Crippen molar-refractivity contribution in [2.75, 3.05) is 19.6 Å². The van der Waals surface area contributed by atoms with Gasteiger partial charge < -0.3 is 9.88 Å². The fraction of sp³-hybridized carbons (Fsp3) is 0.769. The van der Waals surface area contributed by atoms with E-state index in [1.807, 2.05) is 6.20 Å². The molecule has 3 unspecified atom stereocenters. The molecule has 1 aromatic heterocycles. The average Bonchev–Trinajstić information content (AvgIpc) is 2.99. The molecular weight excluding hydrogens is 212 g/mol. The molecule has 4 heteroatoms. The summed E-state index contributed by atoms with van der Waals surface area (Å²) in [4.78, 5) is 7.09. The number of fused-ring (bicyclic) bond motifs is 1. The molecule has 2 saturated heterocycles. The normalized spacial score (nSPS) is 33.2. The highest BCUT2D eigenvalue weighted by Gasteiger charge is 2.41. The van der Waals surface area contributed by atoms with Gasteiger partial charge in [-0.2, -0.15) is 0 Å². The van der Waals surface area contributed by atoms with Crippen LogP contribution in [-0.4, -0.2) is 40.1 Å². The number of hydrogen-bond acceptors (Lipinski definition) is 3. The zero-order chi connectivity index (χ0) is 11.8. The first kappa shape index (κ1) is 11.2. The minimum atomic E-state index is 0.692. The highest BCUT2D eigenvalue weighted by molar-refractivity contribution is 5.00. The highest BCUT2D eigenvalue weighted by atomic mass is 15.2. The first-order valence-corrected chi connectivity index (χ1v) is 6.74. The molecule has 0 bridgehead atoms. The molecule has 0 saturated carbocycles. The third-order valence-corrected chi connectivity index (χ3v) is 4.54. The van der Waals surface area contributed by atoms with Gasteiger partial charge in [0, 0.05) is 31.5 Å². The Kier molecular flexibility index (Phi) is 2.92. The summed E-state index contributed by atoms with van der Waals surface area (Å²) < 4.78 is 2.25. The van der Waals surface area contributed by atoms with Gasteiger partial charge in [-0.25, -0.2) is 4.98 Å². The van der Waals surface area contributed by atoms with Gasteiger partial charge in [0.25, 0.3) is 0 Å². The third-order valence-electron chi connectivity index (χ3n) is 4.54. The Morgan fingerprint density at radius 1 is 1.47 bits per heavy atom. The van der Waals surface area contributed by atoms with Crippen molar-refractivity contribution in [2.45, 2.75) is 33.0 Å². The van der Waals surface area contributed by atoms with Crippen molar-refractivity contribution in [3.63, 3.8) is 0 Å². The maximum absolute atomic E-state index is 4.48. The van der Waals surface area contributed by atoms with Crippen LogP contribution in [0.2, 0.25) is 0 Å². The molecule has 3 heterocycles. The van der Waals surface area contributed by atoms with Crippen LogP contribution in [0.4, 0.5) is 0 Å². The number of aryl methyl sites for hydroxylation is 1. The molecule has 17 heavy (non-hydrogen) atoms. The lowest BCUT2D eigenvalue weighted by atomic mass is 9.95. The van der Waals surface area contributed by atoms with E-state index in [2.05, 4.69) is 39.8 Å². The SMILES string of the molecule is CCn1ccnc1CN1CC2CNCC2C1C. The maximum Gasteiger partial charge on any atom is 0.122 e. The topological polar surface area (TPSA) is 33.1 Å². The summed E-state index contributed by atoms with van der Waals surface area (Å²) in [5.41, 5.74) is 0. The Morgan fingerprint density at radius 3 is 3.12 bits per heavy atom. The summed E-state index contributed by atoms with van der Waals surface area (Å²) >= 11 is 0. The van der Waals surface area contributed by atoms with Crippen molar-refractivity contribution in [1.82, 2.24) is 19.8 Å². The Bertz CT molecular complexity index is 387. The molecule has 94 valence electrons.